The highest BCUT2D eigenvalue weighted by atomic mass is 35.5. The first kappa shape index (κ1) is 14.1. The number of ether oxygens (including phenoxy) is 1. The van der Waals surface area contributed by atoms with Crippen molar-refractivity contribution in [3.05, 3.63) is 70.2 Å². The van der Waals surface area contributed by atoms with Gasteiger partial charge in [-0.2, -0.15) is 0 Å². The van der Waals surface area contributed by atoms with Crippen LogP contribution in [-0.2, 0) is 18.0 Å². The van der Waals surface area contributed by atoms with Crippen molar-refractivity contribution in [2.24, 2.45) is 4.99 Å². The zero-order valence-corrected chi connectivity index (χ0v) is 12.4. The monoisotopic (exact) mass is 300 g/mol. The zero-order valence-electron chi connectivity index (χ0n) is 11.7. The molecule has 21 heavy (non-hydrogen) atoms. The standard InChI is InChI=1S/C17H17ClN2O/c18-16-4-2-1-3-15(16)12-21-11-13-5-7-14(8-6-13)17-19-9-10-20-17/h1-8H,9-12H2,(H,19,20). The number of aliphatic imine (C=N–C) groups is 1. The molecule has 0 radical (unpaired) electrons. The number of rotatable bonds is 5. The van der Waals surface area contributed by atoms with E-state index in [4.69, 9.17) is 16.3 Å². The van der Waals surface area contributed by atoms with E-state index in [0.717, 1.165) is 40.6 Å². The van der Waals surface area contributed by atoms with Gasteiger partial charge in [-0.05, 0) is 17.2 Å². The van der Waals surface area contributed by atoms with Gasteiger partial charge < -0.3 is 10.1 Å². The van der Waals surface area contributed by atoms with Crippen LogP contribution in [-0.4, -0.2) is 18.9 Å². The SMILES string of the molecule is Clc1ccccc1COCc1ccc(C2=NCCN2)cc1. The lowest BCUT2D eigenvalue weighted by molar-refractivity contribution is 0.107. The lowest BCUT2D eigenvalue weighted by Gasteiger charge is -2.07. The summed E-state index contributed by atoms with van der Waals surface area (Å²) in [6.45, 7) is 2.89. The molecule has 1 aliphatic rings. The molecule has 2 aromatic carbocycles. The van der Waals surface area contributed by atoms with Crippen molar-refractivity contribution >= 4 is 17.4 Å². The first-order valence-corrected chi connectivity index (χ1v) is 7.39. The molecule has 3 nitrogen and oxygen atoms in total. The van der Waals surface area contributed by atoms with Crippen LogP contribution in [0.4, 0.5) is 0 Å². The summed E-state index contributed by atoms with van der Waals surface area (Å²) < 4.78 is 5.72. The molecule has 0 amide bonds. The number of halogens is 1. The second-order valence-electron chi connectivity index (χ2n) is 4.94. The van der Waals surface area contributed by atoms with E-state index in [1.165, 1.54) is 0 Å². The summed E-state index contributed by atoms with van der Waals surface area (Å²) in [5, 5.41) is 4.02. The first-order chi connectivity index (χ1) is 10.3. The second-order valence-corrected chi connectivity index (χ2v) is 5.35. The molecule has 0 spiro atoms. The minimum absolute atomic E-state index is 0.524. The Bertz CT molecular complexity index is 637. The number of amidine groups is 1. The molecule has 1 N–H and O–H groups in total. The summed E-state index contributed by atoms with van der Waals surface area (Å²) in [5.74, 6) is 0.985. The largest absolute Gasteiger partial charge is 0.372 e. The number of nitrogens with one attached hydrogen (secondary N) is 1. The molecule has 3 rings (SSSR count). The maximum absolute atomic E-state index is 6.10. The van der Waals surface area contributed by atoms with Crippen LogP contribution in [0.2, 0.25) is 5.02 Å². The van der Waals surface area contributed by atoms with Crippen LogP contribution in [0.15, 0.2) is 53.5 Å². The lowest BCUT2D eigenvalue weighted by Crippen LogP contribution is -2.19. The van der Waals surface area contributed by atoms with E-state index in [2.05, 4.69) is 34.6 Å². The molecule has 0 aliphatic carbocycles. The highest BCUT2D eigenvalue weighted by Gasteiger charge is 2.07. The lowest BCUT2D eigenvalue weighted by atomic mass is 10.1. The van der Waals surface area contributed by atoms with Crippen molar-refractivity contribution in [1.82, 2.24) is 5.32 Å². The molecular formula is C17H17ClN2O. The Balaban J connectivity index is 1.55. The van der Waals surface area contributed by atoms with E-state index in [1.807, 2.05) is 24.3 Å². The van der Waals surface area contributed by atoms with Gasteiger partial charge in [0.2, 0.25) is 0 Å². The average Bonchev–Trinajstić information content (AvgIpc) is 3.04. The smallest absolute Gasteiger partial charge is 0.128 e. The van der Waals surface area contributed by atoms with Gasteiger partial charge in [0.15, 0.2) is 0 Å². The summed E-state index contributed by atoms with van der Waals surface area (Å²) in [7, 11) is 0. The van der Waals surface area contributed by atoms with Gasteiger partial charge in [-0.3, -0.25) is 4.99 Å². The van der Waals surface area contributed by atoms with E-state index in [-0.39, 0.29) is 0 Å². The van der Waals surface area contributed by atoms with E-state index >= 15 is 0 Å². The molecule has 108 valence electrons. The van der Waals surface area contributed by atoms with Crippen molar-refractivity contribution < 1.29 is 4.74 Å². The number of benzene rings is 2. The number of hydrogen-bond acceptors (Lipinski definition) is 3. The molecule has 1 heterocycles. The molecule has 0 saturated carbocycles. The van der Waals surface area contributed by atoms with Crippen LogP contribution in [0.5, 0.6) is 0 Å². The van der Waals surface area contributed by atoms with Crippen molar-refractivity contribution in [1.29, 1.82) is 0 Å². The van der Waals surface area contributed by atoms with Crippen molar-refractivity contribution in [3.8, 4) is 0 Å². The Labute approximate surface area is 129 Å². The van der Waals surface area contributed by atoms with Crippen LogP contribution in [0.1, 0.15) is 16.7 Å². The highest BCUT2D eigenvalue weighted by molar-refractivity contribution is 6.31. The normalized spacial score (nSPS) is 13.9. The van der Waals surface area contributed by atoms with E-state index in [9.17, 15) is 0 Å². The summed E-state index contributed by atoms with van der Waals surface area (Å²) in [6, 6.07) is 16.0. The first-order valence-electron chi connectivity index (χ1n) is 7.02. The van der Waals surface area contributed by atoms with Gasteiger partial charge in [-0.25, -0.2) is 0 Å². The quantitative estimate of drug-likeness (QED) is 0.918. The minimum Gasteiger partial charge on any atom is -0.372 e. The van der Waals surface area contributed by atoms with Crippen molar-refractivity contribution in [3.63, 3.8) is 0 Å². The van der Waals surface area contributed by atoms with E-state index < -0.39 is 0 Å². The molecule has 0 atom stereocenters. The minimum atomic E-state index is 0.524. The Morgan fingerprint density at radius 3 is 2.57 bits per heavy atom. The Kier molecular flexibility index (Phi) is 4.53. The summed E-state index contributed by atoms with van der Waals surface area (Å²) in [5.41, 5.74) is 3.28. The predicted molar refractivity (Wildman–Crippen MR) is 85.8 cm³/mol. The zero-order chi connectivity index (χ0) is 14.5. The summed E-state index contributed by atoms with van der Waals surface area (Å²) in [4.78, 5) is 4.41. The molecule has 0 fully saturated rings. The molecule has 1 aliphatic heterocycles. The summed E-state index contributed by atoms with van der Waals surface area (Å²) >= 11 is 6.10. The van der Waals surface area contributed by atoms with Crippen molar-refractivity contribution in [2.45, 2.75) is 13.2 Å². The van der Waals surface area contributed by atoms with Gasteiger partial charge in [0.1, 0.15) is 5.84 Å². The fourth-order valence-electron chi connectivity index (χ4n) is 2.24. The van der Waals surface area contributed by atoms with Gasteiger partial charge in [0.25, 0.3) is 0 Å². The van der Waals surface area contributed by atoms with Crippen LogP contribution >= 0.6 is 11.6 Å². The van der Waals surface area contributed by atoms with E-state index in [0.29, 0.717) is 13.2 Å². The molecule has 0 unspecified atom stereocenters. The third kappa shape index (κ3) is 3.63. The highest BCUT2D eigenvalue weighted by Crippen LogP contribution is 2.16. The van der Waals surface area contributed by atoms with Crippen LogP contribution in [0.3, 0.4) is 0 Å². The van der Waals surface area contributed by atoms with Gasteiger partial charge in [-0.15, -0.1) is 0 Å². The number of nitrogens with zero attached hydrogens (tertiary/aromatic N) is 1. The molecular weight excluding hydrogens is 284 g/mol. The molecule has 0 bridgehead atoms. The van der Waals surface area contributed by atoms with Gasteiger partial charge in [0.05, 0.1) is 19.8 Å². The van der Waals surface area contributed by atoms with Gasteiger partial charge in [-0.1, -0.05) is 54.1 Å². The van der Waals surface area contributed by atoms with E-state index in [1.54, 1.807) is 0 Å². The third-order valence-electron chi connectivity index (χ3n) is 3.39. The van der Waals surface area contributed by atoms with Gasteiger partial charge >= 0.3 is 0 Å². The molecule has 0 saturated heterocycles. The Hall–Kier alpha value is -1.84. The summed E-state index contributed by atoms with van der Waals surface area (Å²) in [6.07, 6.45) is 0. The van der Waals surface area contributed by atoms with Crippen LogP contribution in [0.25, 0.3) is 0 Å². The topological polar surface area (TPSA) is 33.6 Å². The fraction of sp³-hybridized carbons (Fsp3) is 0.235. The maximum atomic E-state index is 6.10. The third-order valence-corrected chi connectivity index (χ3v) is 3.75. The van der Waals surface area contributed by atoms with Crippen molar-refractivity contribution in [2.75, 3.05) is 13.1 Å². The van der Waals surface area contributed by atoms with Crippen LogP contribution < -0.4 is 5.32 Å². The van der Waals surface area contributed by atoms with Gasteiger partial charge in [0, 0.05) is 17.1 Å². The number of hydrogen-bond donors (Lipinski definition) is 1. The fourth-order valence-corrected chi connectivity index (χ4v) is 2.43. The van der Waals surface area contributed by atoms with Crippen LogP contribution in [0, 0.1) is 0 Å². The molecule has 2 aromatic rings. The Morgan fingerprint density at radius 2 is 1.86 bits per heavy atom. The molecule has 0 aromatic heterocycles. The second kappa shape index (κ2) is 6.74. The average molecular weight is 301 g/mol. The Morgan fingerprint density at radius 1 is 1.05 bits per heavy atom. The molecule has 4 heteroatoms. The predicted octanol–water partition coefficient (Wildman–Crippen LogP) is 3.41. The maximum Gasteiger partial charge on any atom is 0.128 e.